The molecule has 2 saturated carbocycles. The first kappa shape index (κ1) is 38.0. The van der Waals surface area contributed by atoms with Crippen LogP contribution in [0.15, 0.2) is 18.2 Å². The van der Waals surface area contributed by atoms with Crippen molar-refractivity contribution in [1.29, 1.82) is 5.26 Å². The Morgan fingerprint density at radius 2 is 1.13 bits per heavy atom. The molecule has 3 rings (SSSR count). The predicted octanol–water partition coefficient (Wildman–Crippen LogP) is 10.9. The number of alkyl halides is 2. The zero-order valence-electron chi connectivity index (χ0n) is 28.6. The van der Waals surface area contributed by atoms with E-state index in [1.54, 1.807) is 0 Å². The van der Waals surface area contributed by atoms with E-state index in [-0.39, 0.29) is 36.9 Å². The van der Waals surface area contributed by atoms with Crippen LogP contribution < -0.4 is 0 Å². The third-order valence-electron chi connectivity index (χ3n) is 10.2. The number of carbonyl (C=O) groups is 2. The molecule has 2 aliphatic rings. The molecule has 2 aliphatic carbocycles. The molecule has 1 aromatic rings. The maximum absolute atomic E-state index is 14.4. The highest BCUT2D eigenvalue weighted by atomic mass is 19.1. The van der Waals surface area contributed by atoms with Crippen molar-refractivity contribution in [3.05, 3.63) is 34.9 Å². The second-order valence-electron chi connectivity index (χ2n) is 13.8. The van der Waals surface area contributed by atoms with Crippen LogP contribution in [0.2, 0.25) is 0 Å². The number of carbonyl (C=O) groups excluding carboxylic acids is 2. The van der Waals surface area contributed by atoms with Crippen molar-refractivity contribution in [3.8, 4) is 6.07 Å². The van der Waals surface area contributed by atoms with Gasteiger partial charge in [-0.15, -0.1) is 0 Å². The van der Waals surface area contributed by atoms with E-state index in [0.717, 1.165) is 68.9 Å². The van der Waals surface area contributed by atoms with Crippen molar-refractivity contribution in [2.45, 2.75) is 191 Å². The Hall–Kier alpha value is -2.49. The lowest BCUT2D eigenvalue weighted by Crippen LogP contribution is -2.29. The van der Waals surface area contributed by atoms with Crippen LogP contribution >= 0.6 is 0 Å². The fraction of sp³-hybridized carbons (Fsp3) is 0.769. The number of hydrogen-bond donors (Lipinski definition) is 0. The molecule has 0 N–H and O–H groups in total. The van der Waals surface area contributed by atoms with Crippen LogP contribution in [0.1, 0.15) is 184 Å². The van der Waals surface area contributed by atoms with E-state index in [2.05, 4.69) is 32.0 Å². The van der Waals surface area contributed by atoms with E-state index < -0.39 is 24.3 Å². The van der Waals surface area contributed by atoms with E-state index in [1.165, 1.54) is 38.5 Å². The molecule has 0 saturated heterocycles. The van der Waals surface area contributed by atoms with Crippen molar-refractivity contribution >= 4 is 11.9 Å². The lowest BCUT2D eigenvalue weighted by Gasteiger charge is -2.31. The fourth-order valence-corrected chi connectivity index (χ4v) is 7.21. The number of halogens is 2. The van der Waals surface area contributed by atoms with E-state index in [0.29, 0.717) is 37.7 Å². The van der Waals surface area contributed by atoms with Crippen LogP contribution in [0.4, 0.5) is 8.78 Å². The van der Waals surface area contributed by atoms with Crippen molar-refractivity contribution in [1.82, 2.24) is 0 Å². The number of rotatable bonds is 20. The molecule has 0 unspecified atom stereocenters. The van der Waals surface area contributed by atoms with Gasteiger partial charge in [-0.2, -0.15) is 5.26 Å². The van der Waals surface area contributed by atoms with Crippen LogP contribution in [0, 0.1) is 11.3 Å². The summed E-state index contributed by atoms with van der Waals surface area (Å²) in [7, 11) is 0. The summed E-state index contributed by atoms with van der Waals surface area (Å²) in [6.07, 6.45) is 15.5. The van der Waals surface area contributed by atoms with Gasteiger partial charge in [0.05, 0.1) is 11.6 Å². The molecule has 0 heterocycles. The maximum Gasteiger partial charge on any atom is 0.340 e. The average Bonchev–Trinajstić information content (AvgIpc) is 3.08. The highest BCUT2D eigenvalue weighted by Gasteiger charge is 2.31. The van der Waals surface area contributed by atoms with Gasteiger partial charge in [-0.3, -0.25) is 0 Å². The minimum absolute atomic E-state index is 0.211. The zero-order valence-corrected chi connectivity index (χ0v) is 28.6. The summed E-state index contributed by atoms with van der Waals surface area (Å²) in [6, 6.07) is 8.60. The van der Waals surface area contributed by atoms with Crippen LogP contribution in [0.25, 0.3) is 0 Å². The number of hydrogen-bond acceptors (Lipinski definition) is 5. The average molecular weight is 644 g/mol. The van der Waals surface area contributed by atoms with Crippen LogP contribution in [-0.4, -0.2) is 36.5 Å². The Bertz CT molecular complexity index is 1070. The van der Waals surface area contributed by atoms with Gasteiger partial charge in [0.1, 0.15) is 12.2 Å². The first-order valence-electron chi connectivity index (χ1n) is 18.6. The zero-order chi connectivity index (χ0) is 33.1. The molecule has 7 heteroatoms. The summed E-state index contributed by atoms with van der Waals surface area (Å²) in [6.45, 7) is 4.33. The molecule has 0 amide bonds. The maximum atomic E-state index is 14.4. The quantitative estimate of drug-likeness (QED) is 0.104. The van der Waals surface area contributed by atoms with Gasteiger partial charge < -0.3 is 9.47 Å². The van der Waals surface area contributed by atoms with Gasteiger partial charge in [0.15, 0.2) is 12.3 Å². The largest absolute Gasteiger partial charge is 0.460 e. The molecule has 0 spiro atoms. The Morgan fingerprint density at radius 3 is 1.59 bits per heavy atom. The van der Waals surface area contributed by atoms with Gasteiger partial charge in [-0.1, -0.05) is 90.2 Å². The highest BCUT2D eigenvalue weighted by Crippen LogP contribution is 2.39. The molecule has 2 fully saturated rings. The summed E-state index contributed by atoms with van der Waals surface area (Å²) < 4.78 is 39.9. The molecule has 5 nitrogen and oxygen atoms in total. The molecular formula is C39H59F2NO4. The second-order valence-corrected chi connectivity index (χ2v) is 13.8. The predicted molar refractivity (Wildman–Crippen MR) is 179 cm³/mol. The third-order valence-corrected chi connectivity index (χ3v) is 10.2. The topological polar surface area (TPSA) is 76.4 Å². The third kappa shape index (κ3) is 13.0. The Balaban J connectivity index is 1.38. The number of nitrogens with zero attached hydrogens (tertiary/aromatic N) is 1. The lowest BCUT2D eigenvalue weighted by atomic mass is 9.78. The van der Waals surface area contributed by atoms with Gasteiger partial charge >= 0.3 is 11.9 Å². The number of unbranched alkanes of at least 4 members (excludes halogenated alkanes) is 10. The number of nitriles is 1. The summed E-state index contributed by atoms with van der Waals surface area (Å²) in [5.74, 6) is -0.944. The van der Waals surface area contributed by atoms with Gasteiger partial charge in [0, 0.05) is 0 Å². The van der Waals surface area contributed by atoms with Gasteiger partial charge in [-0.05, 0) is 106 Å². The monoisotopic (exact) mass is 643 g/mol. The molecule has 46 heavy (non-hydrogen) atoms. The summed E-state index contributed by atoms with van der Waals surface area (Å²) in [5.41, 5.74) is 2.84. The first-order chi connectivity index (χ1) is 22.4. The molecule has 2 atom stereocenters. The molecule has 258 valence electrons. The van der Waals surface area contributed by atoms with Crippen molar-refractivity contribution in [2.24, 2.45) is 0 Å². The number of benzene rings is 1. The SMILES string of the molecule is CCCCCCCC[C@H](F)C(=O)OC1CCC(c2ccc(C3CCC(OC(=O)[C@@H](F)CCCCCCCC)CC3)c(C#N)c2)CC1. The molecule has 0 bridgehead atoms. The van der Waals surface area contributed by atoms with Crippen molar-refractivity contribution in [3.63, 3.8) is 0 Å². The summed E-state index contributed by atoms with van der Waals surface area (Å²) in [5, 5.41) is 9.99. The lowest BCUT2D eigenvalue weighted by molar-refractivity contribution is -0.157. The standard InChI is InChI=1S/C39H59F2NO4/c1-3-5-7-9-11-13-15-36(40)38(43)45-33-22-17-29(18-23-33)31-21-26-35(32(27-31)28-42)30-19-24-34(25-20-30)46-39(44)37(41)16-14-12-10-8-6-4-2/h21,26-27,29-30,33-34,36-37H,3-20,22-25H2,1-2H3/t29?,30?,33?,34?,36-,37-/m0/s1. The van der Waals surface area contributed by atoms with Gasteiger partial charge in [0.2, 0.25) is 0 Å². The van der Waals surface area contributed by atoms with Crippen LogP contribution in [-0.2, 0) is 19.1 Å². The first-order valence-corrected chi connectivity index (χ1v) is 18.6. The van der Waals surface area contributed by atoms with Gasteiger partial charge in [-0.25, -0.2) is 18.4 Å². The minimum Gasteiger partial charge on any atom is -0.460 e. The van der Waals surface area contributed by atoms with Crippen LogP contribution in [0.5, 0.6) is 0 Å². The summed E-state index contributed by atoms with van der Waals surface area (Å²) >= 11 is 0. The second kappa shape index (κ2) is 21.4. The highest BCUT2D eigenvalue weighted by molar-refractivity contribution is 5.75. The Labute approximate surface area is 277 Å². The van der Waals surface area contributed by atoms with Gasteiger partial charge in [0.25, 0.3) is 0 Å². The fourth-order valence-electron chi connectivity index (χ4n) is 7.21. The molecule has 1 aromatic carbocycles. The Kier molecular flexibility index (Phi) is 17.7. The van der Waals surface area contributed by atoms with E-state index >= 15 is 0 Å². The summed E-state index contributed by atoms with van der Waals surface area (Å²) in [4.78, 5) is 24.6. The molecule has 0 aromatic heterocycles. The van der Waals surface area contributed by atoms with Crippen LogP contribution in [0.3, 0.4) is 0 Å². The smallest absolute Gasteiger partial charge is 0.340 e. The normalized spacial score (nSPS) is 22.8. The number of esters is 2. The minimum atomic E-state index is -1.54. The van der Waals surface area contributed by atoms with Crippen molar-refractivity contribution in [2.75, 3.05) is 0 Å². The molecule has 0 radical (unpaired) electrons. The van der Waals surface area contributed by atoms with E-state index in [9.17, 15) is 23.6 Å². The molecular weight excluding hydrogens is 584 g/mol. The molecule has 0 aliphatic heterocycles. The van der Waals surface area contributed by atoms with E-state index in [1.807, 2.05) is 6.07 Å². The van der Waals surface area contributed by atoms with Crippen molar-refractivity contribution < 1.29 is 27.8 Å². The Morgan fingerprint density at radius 1 is 0.696 bits per heavy atom. The number of ether oxygens (including phenoxy) is 2. The van der Waals surface area contributed by atoms with E-state index in [4.69, 9.17) is 9.47 Å².